The highest BCUT2D eigenvalue weighted by molar-refractivity contribution is 5.87. The molecule has 0 aliphatic heterocycles. The van der Waals surface area contributed by atoms with Gasteiger partial charge >= 0.3 is 11.9 Å². The van der Waals surface area contributed by atoms with Crippen LogP contribution in [0.25, 0.3) is 0 Å². The van der Waals surface area contributed by atoms with Crippen molar-refractivity contribution in [2.45, 2.75) is 58.3 Å². The molecule has 126 valence electrons. The van der Waals surface area contributed by atoms with Crippen LogP contribution in [0.1, 0.15) is 46.0 Å². The van der Waals surface area contributed by atoms with Gasteiger partial charge < -0.3 is 19.7 Å². The number of aliphatic hydroxyl groups is 2. The van der Waals surface area contributed by atoms with Crippen molar-refractivity contribution in [3.05, 3.63) is 24.3 Å². The van der Waals surface area contributed by atoms with Crippen molar-refractivity contribution in [1.82, 2.24) is 0 Å². The number of carbonyl (C=O) groups is 2. The molecule has 0 aromatic rings. The molecule has 0 heterocycles. The van der Waals surface area contributed by atoms with E-state index in [1.807, 2.05) is 0 Å². The van der Waals surface area contributed by atoms with E-state index in [0.717, 1.165) is 6.42 Å². The molecule has 22 heavy (non-hydrogen) atoms. The average Bonchev–Trinajstić information content (AvgIpc) is 2.42. The van der Waals surface area contributed by atoms with Crippen molar-refractivity contribution in [1.29, 1.82) is 0 Å². The molecule has 0 aromatic carbocycles. The van der Waals surface area contributed by atoms with Crippen LogP contribution >= 0.6 is 0 Å². The molecule has 6 heteroatoms. The Balaban J connectivity index is 4.27. The van der Waals surface area contributed by atoms with Crippen LogP contribution in [0.5, 0.6) is 0 Å². The number of esters is 2. The average molecular weight is 314 g/mol. The van der Waals surface area contributed by atoms with Crippen LogP contribution in [0.15, 0.2) is 24.3 Å². The Morgan fingerprint density at radius 1 is 0.955 bits per heavy atom. The minimum atomic E-state index is -1.30. The monoisotopic (exact) mass is 314 g/mol. The van der Waals surface area contributed by atoms with E-state index in [2.05, 4.69) is 13.2 Å². The molecule has 0 saturated carbocycles. The topological polar surface area (TPSA) is 93.1 Å². The van der Waals surface area contributed by atoms with Crippen LogP contribution < -0.4 is 0 Å². The lowest BCUT2D eigenvalue weighted by molar-refractivity contribution is -0.154. The van der Waals surface area contributed by atoms with E-state index in [-0.39, 0.29) is 17.8 Å². The maximum atomic E-state index is 11.6. The van der Waals surface area contributed by atoms with Gasteiger partial charge in [-0.3, -0.25) is 0 Å². The quantitative estimate of drug-likeness (QED) is 0.262. The number of rotatable bonds is 11. The largest absolute Gasteiger partial charge is 0.458 e. The third kappa shape index (κ3) is 10.1. The van der Waals surface area contributed by atoms with Gasteiger partial charge in [0.15, 0.2) is 6.29 Å². The van der Waals surface area contributed by atoms with Crippen LogP contribution in [-0.4, -0.2) is 41.2 Å². The minimum Gasteiger partial charge on any atom is -0.458 e. The lowest BCUT2D eigenvalue weighted by Gasteiger charge is -2.18. The van der Waals surface area contributed by atoms with Gasteiger partial charge in [0.1, 0.15) is 12.7 Å². The molecule has 0 aliphatic carbocycles. The summed E-state index contributed by atoms with van der Waals surface area (Å²) in [4.78, 5) is 22.9. The first-order valence-corrected chi connectivity index (χ1v) is 7.29. The second-order valence-corrected chi connectivity index (χ2v) is 5.31. The van der Waals surface area contributed by atoms with Gasteiger partial charge in [0, 0.05) is 11.1 Å². The molecule has 0 spiro atoms. The standard InChI is InChI=1S/C16H26O6/c1-11(2)15(19)21-10-13(22-16(20)12(3)4)8-6-5-7-9-14(17)18/h13-14,17-18H,1,3,5-10H2,2,4H3. The molecule has 0 radical (unpaired) electrons. The summed E-state index contributed by atoms with van der Waals surface area (Å²) in [6.07, 6.45) is 1.11. The number of hydrogen-bond donors (Lipinski definition) is 2. The van der Waals surface area contributed by atoms with Crippen molar-refractivity contribution in [3.8, 4) is 0 Å². The summed E-state index contributed by atoms with van der Waals surface area (Å²) < 4.78 is 10.2. The molecular weight excluding hydrogens is 288 g/mol. The predicted molar refractivity (Wildman–Crippen MR) is 81.8 cm³/mol. The predicted octanol–water partition coefficient (Wildman–Crippen LogP) is 1.85. The number of aliphatic hydroxyl groups excluding tert-OH is 1. The number of carbonyl (C=O) groups excluding carboxylic acids is 2. The van der Waals surface area contributed by atoms with Crippen LogP contribution in [0.4, 0.5) is 0 Å². The van der Waals surface area contributed by atoms with Gasteiger partial charge in [-0.2, -0.15) is 0 Å². The Hall–Kier alpha value is -1.66. The van der Waals surface area contributed by atoms with Gasteiger partial charge in [-0.15, -0.1) is 0 Å². The van der Waals surface area contributed by atoms with E-state index >= 15 is 0 Å². The summed E-state index contributed by atoms with van der Waals surface area (Å²) in [7, 11) is 0. The van der Waals surface area contributed by atoms with E-state index in [0.29, 0.717) is 25.7 Å². The number of hydrogen-bond acceptors (Lipinski definition) is 6. The Morgan fingerprint density at radius 2 is 1.50 bits per heavy atom. The molecule has 0 fully saturated rings. The summed E-state index contributed by atoms with van der Waals surface area (Å²) in [6.45, 7) is 10.0. The van der Waals surface area contributed by atoms with E-state index in [1.165, 1.54) is 6.92 Å². The highest BCUT2D eigenvalue weighted by Gasteiger charge is 2.17. The molecule has 0 aromatic heterocycles. The van der Waals surface area contributed by atoms with Gasteiger partial charge in [0.2, 0.25) is 0 Å². The van der Waals surface area contributed by atoms with Gasteiger partial charge in [-0.05, 0) is 39.5 Å². The SMILES string of the molecule is C=C(C)C(=O)OCC(CCCCCC(O)O)OC(=O)C(=C)C. The molecule has 6 nitrogen and oxygen atoms in total. The van der Waals surface area contributed by atoms with Crippen LogP contribution in [-0.2, 0) is 19.1 Å². The lowest BCUT2D eigenvalue weighted by atomic mass is 10.1. The normalized spacial score (nSPS) is 11.9. The molecule has 0 bridgehead atoms. The van der Waals surface area contributed by atoms with Crippen LogP contribution in [0.2, 0.25) is 0 Å². The maximum absolute atomic E-state index is 11.6. The first-order valence-electron chi connectivity index (χ1n) is 7.29. The Kier molecular flexibility index (Phi) is 10.2. The van der Waals surface area contributed by atoms with Crippen molar-refractivity contribution >= 4 is 11.9 Å². The van der Waals surface area contributed by atoms with Crippen molar-refractivity contribution in [2.24, 2.45) is 0 Å². The summed E-state index contributed by atoms with van der Waals surface area (Å²) in [5.41, 5.74) is 0.557. The maximum Gasteiger partial charge on any atom is 0.333 e. The van der Waals surface area contributed by atoms with E-state index < -0.39 is 24.3 Å². The lowest BCUT2D eigenvalue weighted by Crippen LogP contribution is -2.25. The molecule has 1 atom stereocenters. The van der Waals surface area contributed by atoms with Gasteiger partial charge in [-0.1, -0.05) is 19.6 Å². The molecule has 0 aliphatic rings. The molecule has 1 unspecified atom stereocenters. The fraction of sp³-hybridized carbons (Fsp3) is 0.625. The van der Waals surface area contributed by atoms with Gasteiger partial charge in [-0.25, -0.2) is 9.59 Å². The zero-order valence-corrected chi connectivity index (χ0v) is 13.3. The highest BCUT2D eigenvalue weighted by atomic mass is 16.6. The summed E-state index contributed by atoms with van der Waals surface area (Å²) in [5.74, 6) is -1.05. The van der Waals surface area contributed by atoms with E-state index in [4.69, 9.17) is 19.7 Å². The Bertz CT molecular complexity index is 399. The van der Waals surface area contributed by atoms with Crippen LogP contribution in [0, 0.1) is 0 Å². The summed E-state index contributed by atoms with van der Waals surface area (Å²) in [5, 5.41) is 17.5. The Labute approximate surface area is 131 Å². The van der Waals surface area contributed by atoms with Crippen molar-refractivity contribution in [2.75, 3.05) is 6.61 Å². The zero-order valence-electron chi connectivity index (χ0n) is 13.3. The smallest absolute Gasteiger partial charge is 0.333 e. The first-order chi connectivity index (χ1) is 10.2. The van der Waals surface area contributed by atoms with E-state index in [9.17, 15) is 9.59 Å². The third-order valence-electron chi connectivity index (χ3n) is 2.86. The first kappa shape index (κ1) is 20.3. The number of ether oxygens (including phenoxy) is 2. The molecule has 0 saturated heterocycles. The molecule has 0 rings (SSSR count). The minimum absolute atomic E-state index is 0.0344. The third-order valence-corrected chi connectivity index (χ3v) is 2.86. The molecular formula is C16H26O6. The number of unbranched alkanes of at least 4 members (excludes halogenated alkanes) is 2. The summed E-state index contributed by atoms with van der Waals surface area (Å²) >= 11 is 0. The zero-order chi connectivity index (χ0) is 17.1. The van der Waals surface area contributed by atoms with Crippen molar-refractivity contribution in [3.63, 3.8) is 0 Å². The second-order valence-electron chi connectivity index (χ2n) is 5.31. The fourth-order valence-corrected chi connectivity index (χ4v) is 1.60. The fourth-order valence-electron chi connectivity index (χ4n) is 1.60. The van der Waals surface area contributed by atoms with E-state index in [1.54, 1.807) is 6.92 Å². The van der Waals surface area contributed by atoms with Gasteiger partial charge in [0.05, 0.1) is 0 Å². The van der Waals surface area contributed by atoms with Crippen LogP contribution in [0.3, 0.4) is 0 Å². The molecule has 0 amide bonds. The van der Waals surface area contributed by atoms with Gasteiger partial charge in [0.25, 0.3) is 0 Å². The van der Waals surface area contributed by atoms with Crippen molar-refractivity contribution < 1.29 is 29.3 Å². The summed E-state index contributed by atoms with van der Waals surface area (Å²) in [6, 6.07) is 0. The molecule has 2 N–H and O–H groups in total. The second kappa shape index (κ2) is 11.0. The Morgan fingerprint density at radius 3 is 2.00 bits per heavy atom. The highest BCUT2D eigenvalue weighted by Crippen LogP contribution is 2.12.